The molecule has 0 amide bonds. The maximum Gasteiger partial charge on any atom is 0.203 e. The summed E-state index contributed by atoms with van der Waals surface area (Å²) in [5.74, 6) is 2.11. The van der Waals surface area contributed by atoms with Crippen molar-refractivity contribution in [1.82, 2.24) is 4.90 Å². The number of nitrogens with zero attached hydrogens (tertiary/aromatic N) is 2. The summed E-state index contributed by atoms with van der Waals surface area (Å²) in [6.45, 7) is 4.91. The van der Waals surface area contributed by atoms with Gasteiger partial charge in [0.25, 0.3) is 0 Å². The van der Waals surface area contributed by atoms with Gasteiger partial charge in [-0.15, -0.1) is 11.8 Å². The maximum absolute atomic E-state index is 5.63. The average molecular weight is 389 g/mol. The molecule has 5 nitrogen and oxygen atoms in total. The summed E-state index contributed by atoms with van der Waals surface area (Å²) in [6.07, 6.45) is 2.14. The van der Waals surface area contributed by atoms with Gasteiger partial charge >= 0.3 is 0 Å². The first kappa shape index (κ1) is 19.7. The molecule has 0 N–H and O–H groups in total. The van der Waals surface area contributed by atoms with Crippen LogP contribution in [-0.2, 0) is 6.54 Å². The molecule has 0 saturated carbocycles. The van der Waals surface area contributed by atoms with Crippen molar-refractivity contribution in [3.05, 3.63) is 42.0 Å². The molecule has 0 aromatic heterocycles. The number of hydrogen-bond donors (Lipinski definition) is 0. The molecular weight excluding hydrogens is 360 g/mol. The third-order valence-corrected chi connectivity index (χ3v) is 5.76. The zero-order chi connectivity index (χ0) is 19.2. The number of hydrogen-bond acceptors (Lipinski definition) is 6. The van der Waals surface area contributed by atoms with Crippen molar-refractivity contribution in [1.29, 1.82) is 0 Å². The van der Waals surface area contributed by atoms with E-state index < -0.39 is 0 Å². The molecule has 1 aliphatic rings. The van der Waals surface area contributed by atoms with Gasteiger partial charge in [0.15, 0.2) is 11.5 Å². The van der Waals surface area contributed by atoms with Crippen molar-refractivity contribution >= 4 is 17.4 Å². The molecule has 1 saturated heterocycles. The summed E-state index contributed by atoms with van der Waals surface area (Å²) in [5, 5.41) is 0. The summed E-state index contributed by atoms with van der Waals surface area (Å²) in [5.41, 5.74) is 2.46. The van der Waals surface area contributed by atoms with Gasteiger partial charge in [0.2, 0.25) is 5.75 Å². The Bertz CT molecular complexity index is 761. The van der Waals surface area contributed by atoms with E-state index in [1.807, 2.05) is 17.8 Å². The number of methoxy groups -OCH3 is 3. The van der Waals surface area contributed by atoms with E-state index in [2.05, 4.69) is 46.4 Å². The summed E-state index contributed by atoms with van der Waals surface area (Å²) in [4.78, 5) is 6.28. The van der Waals surface area contributed by atoms with Crippen molar-refractivity contribution in [3.63, 3.8) is 0 Å². The standard InChI is InChI=1S/C21H28N2O3S/c1-24-18-10-9-16(20(25-2)21(18)26-3)15-22-11-13-23(14-12-22)17-7-5-6-8-19(17)27-4/h5-10H,11-15H2,1-4H3. The lowest BCUT2D eigenvalue weighted by atomic mass is 10.1. The molecule has 2 aromatic carbocycles. The molecule has 0 unspecified atom stereocenters. The minimum Gasteiger partial charge on any atom is -0.493 e. The number of piperazine rings is 1. The first-order chi connectivity index (χ1) is 13.2. The summed E-state index contributed by atoms with van der Waals surface area (Å²) < 4.78 is 16.5. The second-order valence-electron chi connectivity index (χ2n) is 6.43. The van der Waals surface area contributed by atoms with E-state index in [0.717, 1.165) is 44.0 Å². The fraction of sp³-hybridized carbons (Fsp3) is 0.429. The first-order valence-corrected chi connectivity index (χ1v) is 10.3. The summed E-state index contributed by atoms with van der Waals surface area (Å²) in [6, 6.07) is 12.7. The van der Waals surface area contributed by atoms with Gasteiger partial charge in [-0.05, 0) is 24.5 Å². The number of para-hydroxylation sites is 1. The Balaban J connectivity index is 1.69. The number of ether oxygens (including phenoxy) is 3. The van der Waals surface area contributed by atoms with Crippen molar-refractivity contribution in [3.8, 4) is 17.2 Å². The van der Waals surface area contributed by atoms with Crippen LogP contribution in [0, 0.1) is 0 Å². The zero-order valence-electron chi connectivity index (χ0n) is 16.5. The van der Waals surface area contributed by atoms with Crippen LogP contribution in [0.3, 0.4) is 0 Å². The molecule has 6 heteroatoms. The molecule has 2 aromatic rings. The number of rotatable bonds is 7. The van der Waals surface area contributed by atoms with Gasteiger partial charge in [-0.3, -0.25) is 4.90 Å². The number of benzene rings is 2. The Kier molecular flexibility index (Phi) is 6.74. The van der Waals surface area contributed by atoms with Gasteiger partial charge in [0, 0.05) is 43.2 Å². The second kappa shape index (κ2) is 9.24. The fourth-order valence-electron chi connectivity index (χ4n) is 3.57. The van der Waals surface area contributed by atoms with Crippen LogP contribution in [0.2, 0.25) is 0 Å². The molecule has 3 rings (SSSR count). The highest BCUT2D eigenvalue weighted by Crippen LogP contribution is 2.40. The Morgan fingerprint density at radius 2 is 1.56 bits per heavy atom. The van der Waals surface area contributed by atoms with Crippen LogP contribution in [0.15, 0.2) is 41.3 Å². The monoisotopic (exact) mass is 388 g/mol. The SMILES string of the molecule is COc1ccc(CN2CCN(c3ccccc3SC)CC2)c(OC)c1OC. The highest BCUT2D eigenvalue weighted by atomic mass is 32.2. The molecule has 0 bridgehead atoms. The number of anilines is 1. The lowest BCUT2D eigenvalue weighted by Crippen LogP contribution is -2.46. The van der Waals surface area contributed by atoms with Gasteiger partial charge in [0.05, 0.1) is 27.0 Å². The lowest BCUT2D eigenvalue weighted by molar-refractivity contribution is 0.243. The van der Waals surface area contributed by atoms with Gasteiger partial charge in [-0.25, -0.2) is 0 Å². The molecule has 27 heavy (non-hydrogen) atoms. The third-order valence-electron chi connectivity index (χ3n) is 4.98. The van der Waals surface area contributed by atoms with Gasteiger partial charge in [-0.2, -0.15) is 0 Å². The van der Waals surface area contributed by atoms with E-state index in [-0.39, 0.29) is 0 Å². The molecule has 146 valence electrons. The Hall–Kier alpha value is -2.05. The van der Waals surface area contributed by atoms with Crippen LogP contribution in [-0.4, -0.2) is 58.7 Å². The second-order valence-corrected chi connectivity index (χ2v) is 7.28. The third kappa shape index (κ3) is 4.28. The Labute approximate surface area is 166 Å². The highest BCUT2D eigenvalue weighted by molar-refractivity contribution is 7.98. The predicted molar refractivity (Wildman–Crippen MR) is 112 cm³/mol. The maximum atomic E-state index is 5.63. The normalized spacial score (nSPS) is 14.9. The van der Waals surface area contributed by atoms with E-state index in [9.17, 15) is 0 Å². The van der Waals surface area contributed by atoms with Crippen LogP contribution in [0.5, 0.6) is 17.2 Å². The summed E-state index contributed by atoms with van der Waals surface area (Å²) in [7, 11) is 4.97. The van der Waals surface area contributed by atoms with E-state index >= 15 is 0 Å². The van der Waals surface area contributed by atoms with Crippen molar-refractivity contribution in [2.45, 2.75) is 11.4 Å². The largest absolute Gasteiger partial charge is 0.493 e. The molecule has 1 fully saturated rings. The van der Waals surface area contributed by atoms with Gasteiger partial charge in [-0.1, -0.05) is 18.2 Å². The van der Waals surface area contributed by atoms with Crippen LogP contribution < -0.4 is 19.1 Å². The van der Waals surface area contributed by atoms with Gasteiger partial charge < -0.3 is 19.1 Å². The molecule has 0 spiro atoms. The van der Waals surface area contributed by atoms with Crippen LogP contribution >= 0.6 is 11.8 Å². The highest BCUT2D eigenvalue weighted by Gasteiger charge is 2.22. The van der Waals surface area contributed by atoms with E-state index in [0.29, 0.717) is 11.5 Å². The topological polar surface area (TPSA) is 34.2 Å². The molecule has 0 atom stereocenters. The van der Waals surface area contributed by atoms with Crippen molar-refractivity contribution in [2.24, 2.45) is 0 Å². The quantitative estimate of drug-likeness (QED) is 0.672. The smallest absolute Gasteiger partial charge is 0.203 e. The van der Waals surface area contributed by atoms with Crippen LogP contribution in [0.25, 0.3) is 0 Å². The molecule has 0 radical (unpaired) electrons. The first-order valence-electron chi connectivity index (χ1n) is 9.10. The van der Waals surface area contributed by atoms with Crippen molar-refractivity contribution < 1.29 is 14.2 Å². The fourth-order valence-corrected chi connectivity index (χ4v) is 4.19. The van der Waals surface area contributed by atoms with Crippen molar-refractivity contribution in [2.75, 3.05) is 58.7 Å². The minimum atomic E-state index is 0.657. The Morgan fingerprint density at radius 3 is 2.19 bits per heavy atom. The molecule has 1 aliphatic heterocycles. The van der Waals surface area contributed by atoms with E-state index in [1.165, 1.54) is 10.6 Å². The van der Waals surface area contributed by atoms with Gasteiger partial charge in [0.1, 0.15) is 0 Å². The summed E-state index contributed by atoms with van der Waals surface area (Å²) >= 11 is 1.81. The zero-order valence-corrected chi connectivity index (χ0v) is 17.3. The molecular formula is C21H28N2O3S. The van der Waals surface area contributed by atoms with E-state index in [1.54, 1.807) is 21.3 Å². The minimum absolute atomic E-state index is 0.657. The molecule has 1 heterocycles. The lowest BCUT2D eigenvalue weighted by Gasteiger charge is -2.37. The average Bonchev–Trinajstić information content (AvgIpc) is 2.73. The van der Waals surface area contributed by atoms with Crippen LogP contribution in [0.1, 0.15) is 5.56 Å². The van der Waals surface area contributed by atoms with Crippen LogP contribution in [0.4, 0.5) is 5.69 Å². The predicted octanol–water partition coefficient (Wildman–Crippen LogP) is 3.76. The van der Waals surface area contributed by atoms with E-state index in [4.69, 9.17) is 14.2 Å². The molecule has 0 aliphatic carbocycles. The number of thioether (sulfide) groups is 1. The Morgan fingerprint density at radius 1 is 0.852 bits per heavy atom.